The first-order chi connectivity index (χ1) is 10.8. The monoisotopic (exact) mass is 313 g/mol. The van der Waals surface area contributed by atoms with Gasteiger partial charge in [-0.3, -0.25) is 9.59 Å². The molecule has 2 aromatic rings. The van der Waals surface area contributed by atoms with Crippen LogP contribution in [0.3, 0.4) is 0 Å². The predicted molar refractivity (Wildman–Crippen MR) is 91.9 cm³/mol. The van der Waals surface area contributed by atoms with Crippen LogP contribution in [0.5, 0.6) is 0 Å². The zero-order valence-electron chi connectivity index (χ0n) is 14.1. The summed E-state index contributed by atoms with van der Waals surface area (Å²) in [5, 5.41) is 7.05. The van der Waals surface area contributed by atoms with Gasteiger partial charge in [0, 0.05) is 18.3 Å². The summed E-state index contributed by atoms with van der Waals surface area (Å²) in [4.78, 5) is 24.2. The van der Waals surface area contributed by atoms with Crippen LogP contribution in [0.4, 0.5) is 5.69 Å². The molecule has 0 saturated carbocycles. The Hall–Kier alpha value is -2.43. The third kappa shape index (κ3) is 4.06. The molecule has 0 bridgehead atoms. The number of para-hydroxylation sites is 1. The van der Waals surface area contributed by atoms with Gasteiger partial charge in [-0.05, 0) is 29.5 Å². The molecule has 5 nitrogen and oxygen atoms in total. The number of aryl methyl sites for hydroxylation is 1. The summed E-state index contributed by atoms with van der Waals surface area (Å²) in [5.41, 5.74) is 1.77. The van der Waals surface area contributed by atoms with Crippen molar-refractivity contribution in [1.82, 2.24) is 9.78 Å². The van der Waals surface area contributed by atoms with Crippen molar-refractivity contribution < 1.29 is 4.79 Å². The molecule has 0 aliphatic carbocycles. The fourth-order valence-electron chi connectivity index (χ4n) is 2.37. The summed E-state index contributed by atoms with van der Waals surface area (Å²) in [6.45, 7) is 8.74. The molecule has 122 valence electrons. The van der Waals surface area contributed by atoms with Crippen LogP contribution in [-0.2, 0) is 12.0 Å². The Morgan fingerprint density at radius 3 is 2.52 bits per heavy atom. The minimum atomic E-state index is -0.313. The maximum atomic E-state index is 12.5. The van der Waals surface area contributed by atoms with Crippen LogP contribution in [0.25, 0.3) is 0 Å². The molecule has 1 amide bonds. The van der Waals surface area contributed by atoms with E-state index in [0.717, 1.165) is 17.7 Å². The largest absolute Gasteiger partial charge is 0.320 e. The highest BCUT2D eigenvalue weighted by Crippen LogP contribution is 2.29. The number of benzene rings is 1. The van der Waals surface area contributed by atoms with E-state index >= 15 is 0 Å². The molecule has 1 heterocycles. The zero-order chi connectivity index (χ0) is 17.0. The standard InChI is InChI=1S/C18H23N3O2/c1-5-12-21-16(22)11-10-15(20-21)17(23)19-14-9-7-6-8-13(14)18(2,3)4/h6-11H,5,12H2,1-4H3,(H,19,23). The summed E-state index contributed by atoms with van der Waals surface area (Å²) >= 11 is 0. The molecule has 0 saturated heterocycles. The van der Waals surface area contributed by atoms with E-state index in [0.29, 0.717) is 6.54 Å². The lowest BCUT2D eigenvalue weighted by Gasteiger charge is -2.22. The smallest absolute Gasteiger partial charge is 0.276 e. The normalized spacial score (nSPS) is 11.3. The molecule has 0 radical (unpaired) electrons. The minimum absolute atomic E-state index is 0.0850. The van der Waals surface area contributed by atoms with Crippen molar-refractivity contribution in [3.05, 3.63) is 58.0 Å². The molecule has 2 rings (SSSR count). The zero-order valence-corrected chi connectivity index (χ0v) is 14.1. The van der Waals surface area contributed by atoms with Gasteiger partial charge in [0.25, 0.3) is 11.5 Å². The van der Waals surface area contributed by atoms with Crippen LogP contribution in [0.2, 0.25) is 0 Å². The number of carbonyl (C=O) groups excluding carboxylic acids is 1. The van der Waals surface area contributed by atoms with Crippen LogP contribution >= 0.6 is 0 Å². The van der Waals surface area contributed by atoms with Crippen molar-refractivity contribution in [3.63, 3.8) is 0 Å². The van der Waals surface area contributed by atoms with E-state index in [2.05, 4.69) is 31.2 Å². The molecule has 0 aliphatic rings. The molecule has 1 aromatic carbocycles. The summed E-state index contributed by atoms with van der Waals surface area (Å²) in [7, 11) is 0. The number of hydrogen-bond acceptors (Lipinski definition) is 3. The van der Waals surface area contributed by atoms with Gasteiger partial charge in [-0.2, -0.15) is 5.10 Å². The van der Waals surface area contributed by atoms with Gasteiger partial charge >= 0.3 is 0 Å². The van der Waals surface area contributed by atoms with Crippen molar-refractivity contribution in [1.29, 1.82) is 0 Å². The third-order valence-corrected chi connectivity index (χ3v) is 3.52. The lowest BCUT2D eigenvalue weighted by Crippen LogP contribution is -2.26. The van der Waals surface area contributed by atoms with E-state index in [9.17, 15) is 9.59 Å². The number of hydrogen-bond donors (Lipinski definition) is 1. The maximum Gasteiger partial charge on any atom is 0.276 e. The second kappa shape index (κ2) is 6.77. The minimum Gasteiger partial charge on any atom is -0.320 e. The van der Waals surface area contributed by atoms with Crippen LogP contribution in [0, 0.1) is 0 Å². The highest BCUT2D eigenvalue weighted by molar-refractivity contribution is 6.03. The number of rotatable bonds is 4. The summed E-state index contributed by atoms with van der Waals surface area (Å²) in [6.07, 6.45) is 0.783. The van der Waals surface area contributed by atoms with Crippen molar-refractivity contribution in [2.24, 2.45) is 0 Å². The molecule has 23 heavy (non-hydrogen) atoms. The van der Waals surface area contributed by atoms with Crippen molar-refractivity contribution in [3.8, 4) is 0 Å². The second-order valence-electron chi connectivity index (χ2n) is 6.53. The third-order valence-electron chi connectivity index (χ3n) is 3.52. The van der Waals surface area contributed by atoms with Gasteiger partial charge in [0.15, 0.2) is 0 Å². The fourth-order valence-corrected chi connectivity index (χ4v) is 2.37. The Morgan fingerprint density at radius 2 is 1.87 bits per heavy atom. The Balaban J connectivity index is 2.30. The number of aromatic nitrogens is 2. The Bertz CT molecular complexity index is 757. The molecule has 1 aromatic heterocycles. The van der Waals surface area contributed by atoms with Crippen LogP contribution in [0.15, 0.2) is 41.2 Å². The fraction of sp³-hybridized carbons (Fsp3) is 0.389. The van der Waals surface area contributed by atoms with Crippen LogP contribution in [0.1, 0.15) is 50.2 Å². The number of amides is 1. The van der Waals surface area contributed by atoms with Crippen molar-refractivity contribution in [2.45, 2.75) is 46.1 Å². The SMILES string of the molecule is CCCn1nc(C(=O)Nc2ccccc2C(C)(C)C)ccc1=O. The highest BCUT2D eigenvalue weighted by atomic mass is 16.2. The van der Waals surface area contributed by atoms with Crippen LogP contribution in [-0.4, -0.2) is 15.7 Å². The molecular formula is C18H23N3O2. The number of nitrogens with zero attached hydrogens (tertiary/aromatic N) is 2. The lowest BCUT2D eigenvalue weighted by molar-refractivity contribution is 0.101. The Morgan fingerprint density at radius 1 is 1.17 bits per heavy atom. The number of nitrogens with one attached hydrogen (secondary N) is 1. The lowest BCUT2D eigenvalue weighted by atomic mass is 9.86. The van der Waals surface area contributed by atoms with Gasteiger partial charge in [0.1, 0.15) is 5.69 Å². The van der Waals surface area contributed by atoms with Crippen LogP contribution < -0.4 is 10.9 Å². The van der Waals surface area contributed by atoms with Gasteiger partial charge in [-0.15, -0.1) is 0 Å². The van der Waals surface area contributed by atoms with E-state index in [1.54, 1.807) is 0 Å². The first-order valence-corrected chi connectivity index (χ1v) is 7.82. The molecule has 1 N–H and O–H groups in total. The van der Waals surface area contributed by atoms with E-state index in [1.807, 2.05) is 31.2 Å². The molecule has 0 fully saturated rings. The first-order valence-electron chi connectivity index (χ1n) is 7.82. The van der Waals surface area contributed by atoms with Gasteiger partial charge in [-0.25, -0.2) is 4.68 Å². The molecule has 0 unspecified atom stereocenters. The summed E-state index contributed by atoms with van der Waals surface area (Å²) in [5.74, 6) is -0.313. The second-order valence-corrected chi connectivity index (χ2v) is 6.53. The summed E-state index contributed by atoms with van der Waals surface area (Å²) < 4.78 is 1.32. The maximum absolute atomic E-state index is 12.5. The van der Waals surface area contributed by atoms with Gasteiger partial charge in [0.05, 0.1) is 0 Å². The molecule has 0 aliphatic heterocycles. The molecule has 0 spiro atoms. The first kappa shape index (κ1) is 16.9. The average Bonchev–Trinajstić information content (AvgIpc) is 2.49. The molecule has 5 heteroatoms. The van der Waals surface area contributed by atoms with Gasteiger partial charge in [0.2, 0.25) is 0 Å². The summed E-state index contributed by atoms with van der Waals surface area (Å²) in [6, 6.07) is 10.6. The quantitative estimate of drug-likeness (QED) is 0.942. The van der Waals surface area contributed by atoms with Gasteiger partial charge in [-0.1, -0.05) is 45.9 Å². The van der Waals surface area contributed by atoms with E-state index in [-0.39, 0.29) is 22.6 Å². The Kier molecular flexibility index (Phi) is 4.98. The van der Waals surface area contributed by atoms with E-state index < -0.39 is 0 Å². The Labute approximate surface area is 136 Å². The van der Waals surface area contributed by atoms with Crippen molar-refractivity contribution >= 4 is 11.6 Å². The number of anilines is 1. The van der Waals surface area contributed by atoms with Crippen molar-refractivity contribution in [2.75, 3.05) is 5.32 Å². The average molecular weight is 313 g/mol. The predicted octanol–water partition coefficient (Wildman–Crippen LogP) is 3.20. The van der Waals surface area contributed by atoms with E-state index in [1.165, 1.54) is 16.8 Å². The highest BCUT2D eigenvalue weighted by Gasteiger charge is 2.19. The topological polar surface area (TPSA) is 64.0 Å². The van der Waals surface area contributed by atoms with Gasteiger partial charge < -0.3 is 5.32 Å². The van der Waals surface area contributed by atoms with E-state index in [4.69, 9.17) is 0 Å². The molecular weight excluding hydrogens is 290 g/mol. The molecule has 0 atom stereocenters. The number of carbonyl (C=O) groups is 1.